The molecule has 5 nitrogen and oxygen atoms in total. The Balaban J connectivity index is 1.56. The molecule has 3 rings (SSSR count). The SMILES string of the molecule is CN(Cc1ccc(N(C)C)cc1)C(=O)Cc1ccc(N2CCCC2=O)cc1. The fraction of sp³-hybridized carbons (Fsp3) is 0.364. The third kappa shape index (κ3) is 4.67. The Morgan fingerprint density at radius 3 is 2.15 bits per heavy atom. The van der Waals surface area contributed by atoms with Crippen LogP contribution in [0.25, 0.3) is 0 Å². The smallest absolute Gasteiger partial charge is 0.227 e. The van der Waals surface area contributed by atoms with Crippen molar-refractivity contribution in [2.45, 2.75) is 25.8 Å². The Labute approximate surface area is 161 Å². The first kappa shape index (κ1) is 19.0. The van der Waals surface area contributed by atoms with Gasteiger partial charge in [-0.1, -0.05) is 24.3 Å². The molecule has 1 aliphatic heterocycles. The minimum atomic E-state index is 0.0803. The summed E-state index contributed by atoms with van der Waals surface area (Å²) in [7, 11) is 5.85. The molecule has 142 valence electrons. The highest BCUT2D eigenvalue weighted by Gasteiger charge is 2.21. The lowest BCUT2D eigenvalue weighted by molar-refractivity contribution is -0.129. The molecular weight excluding hydrogens is 338 g/mol. The zero-order valence-corrected chi connectivity index (χ0v) is 16.3. The highest BCUT2D eigenvalue weighted by atomic mass is 16.2. The maximum Gasteiger partial charge on any atom is 0.227 e. The molecule has 0 aromatic heterocycles. The van der Waals surface area contributed by atoms with Crippen LogP contribution in [0.1, 0.15) is 24.0 Å². The summed E-state index contributed by atoms with van der Waals surface area (Å²) in [5.41, 5.74) is 4.14. The van der Waals surface area contributed by atoms with Crippen LogP contribution in [0.3, 0.4) is 0 Å². The summed E-state index contributed by atoms with van der Waals surface area (Å²) in [6.45, 7) is 1.37. The minimum Gasteiger partial charge on any atom is -0.378 e. The number of amides is 2. The van der Waals surface area contributed by atoms with Crippen LogP contribution in [-0.2, 0) is 22.6 Å². The second-order valence-electron chi connectivity index (χ2n) is 7.30. The van der Waals surface area contributed by atoms with Gasteiger partial charge in [-0.2, -0.15) is 0 Å². The van der Waals surface area contributed by atoms with Crippen LogP contribution in [0.15, 0.2) is 48.5 Å². The number of likely N-dealkylation sites (N-methyl/N-ethyl adjacent to an activating group) is 1. The molecule has 0 radical (unpaired) electrons. The van der Waals surface area contributed by atoms with Crippen molar-refractivity contribution in [2.75, 3.05) is 37.5 Å². The van der Waals surface area contributed by atoms with Gasteiger partial charge in [0.15, 0.2) is 0 Å². The summed E-state index contributed by atoms with van der Waals surface area (Å²) in [5.74, 6) is 0.260. The molecule has 2 aromatic carbocycles. The molecule has 1 fully saturated rings. The topological polar surface area (TPSA) is 43.9 Å². The third-order valence-corrected chi connectivity index (χ3v) is 4.98. The average molecular weight is 365 g/mol. The number of nitrogens with zero attached hydrogens (tertiary/aromatic N) is 3. The van der Waals surface area contributed by atoms with E-state index < -0.39 is 0 Å². The normalized spacial score (nSPS) is 13.7. The van der Waals surface area contributed by atoms with Crippen molar-refractivity contribution in [1.82, 2.24) is 4.90 Å². The molecule has 27 heavy (non-hydrogen) atoms. The zero-order chi connectivity index (χ0) is 19.4. The molecule has 1 saturated heterocycles. The quantitative estimate of drug-likeness (QED) is 0.790. The predicted molar refractivity (Wildman–Crippen MR) is 109 cm³/mol. The van der Waals surface area contributed by atoms with Crippen molar-refractivity contribution >= 4 is 23.2 Å². The Kier molecular flexibility index (Phi) is 5.79. The van der Waals surface area contributed by atoms with Crippen molar-refractivity contribution in [3.05, 3.63) is 59.7 Å². The standard InChI is InChI=1S/C22H27N3O2/c1-23(2)19-10-8-18(9-11-19)16-24(3)22(27)15-17-6-12-20(13-7-17)25-14-4-5-21(25)26/h6-13H,4-5,14-16H2,1-3H3. The summed E-state index contributed by atoms with van der Waals surface area (Å²) < 4.78 is 0. The van der Waals surface area contributed by atoms with E-state index in [1.807, 2.05) is 50.3 Å². The number of carbonyl (C=O) groups is 2. The number of hydrogen-bond acceptors (Lipinski definition) is 3. The van der Waals surface area contributed by atoms with E-state index in [4.69, 9.17) is 0 Å². The van der Waals surface area contributed by atoms with Crippen LogP contribution in [0, 0.1) is 0 Å². The van der Waals surface area contributed by atoms with Crippen molar-refractivity contribution in [3.63, 3.8) is 0 Å². The van der Waals surface area contributed by atoms with E-state index in [0.717, 1.165) is 35.5 Å². The fourth-order valence-electron chi connectivity index (χ4n) is 3.29. The first-order valence-corrected chi connectivity index (χ1v) is 9.33. The molecule has 2 aromatic rings. The summed E-state index contributed by atoms with van der Waals surface area (Å²) in [5, 5.41) is 0. The number of carbonyl (C=O) groups excluding carboxylic acids is 2. The fourth-order valence-corrected chi connectivity index (χ4v) is 3.29. The summed E-state index contributed by atoms with van der Waals surface area (Å²) in [6, 6.07) is 16.0. The first-order chi connectivity index (χ1) is 12.9. The van der Waals surface area contributed by atoms with E-state index in [-0.39, 0.29) is 11.8 Å². The molecule has 0 aliphatic carbocycles. The minimum absolute atomic E-state index is 0.0803. The van der Waals surface area contributed by atoms with E-state index in [1.165, 1.54) is 0 Å². The molecule has 0 atom stereocenters. The van der Waals surface area contributed by atoms with Gasteiger partial charge in [-0.3, -0.25) is 9.59 Å². The van der Waals surface area contributed by atoms with Crippen molar-refractivity contribution in [2.24, 2.45) is 0 Å². The summed E-state index contributed by atoms with van der Waals surface area (Å²) in [6.07, 6.45) is 1.90. The molecular formula is C22H27N3O2. The van der Waals surface area contributed by atoms with Gasteiger partial charge in [0.05, 0.1) is 6.42 Å². The molecule has 0 spiro atoms. The molecule has 0 N–H and O–H groups in total. The maximum atomic E-state index is 12.5. The molecule has 2 amide bonds. The number of benzene rings is 2. The summed E-state index contributed by atoms with van der Waals surface area (Å²) >= 11 is 0. The lowest BCUT2D eigenvalue weighted by Gasteiger charge is -2.19. The zero-order valence-electron chi connectivity index (χ0n) is 16.3. The Bertz CT molecular complexity index is 797. The average Bonchev–Trinajstić information content (AvgIpc) is 3.08. The van der Waals surface area contributed by atoms with Gasteiger partial charge in [-0.15, -0.1) is 0 Å². The molecule has 1 heterocycles. The van der Waals surface area contributed by atoms with Crippen LogP contribution in [-0.4, -0.2) is 44.4 Å². The van der Waals surface area contributed by atoms with Gasteiger partial charge < -0.3 is 14.7 Å². The van der Waals surface area contributed by atoms with Gasteiger partial charge in [-0.05, 0) is 41.8 Å². The first-order valence-electron chi connectivity index (χ1n) is 9.33. The molecule has 0 bridgehead atoms. The maximum absolute atomic E-state index is 12.5. The van der Waals surface area contributed by atoms with Gasteiger partial charge >= 0.3 is 0 Å². The highest BCUT2D eigenvalue weighted by molar-refractivity contribution is 5.95. The van der Waals surface area contributed by atoms with E-state index in [2.05, 4.69) is 29.2 Å². The van der Waals surface area contributed by atoms with Crippen LogP contribution in [0.4, 0.5) is 11.4 Å². The van der Waals surface area contributed by atoms with Crippen LogP contribution in [0.2, 0.25) is 0 Å². The summed E-state index contributed by atoms with van der Waals surface area (Å²) in [4.78, 5) is 30.0. The largest absolute Gasteiger partial charge is 0.378 e. The Hall–Kier alpha value is -2.82. The van der Waals surface area contributed by atoms with Gasteiger partial charge in [0.25, 0.3) is 0 Å². The van der Waals surface area contributed by atoms with E-state index in [0.29, 0.717) is 19.4 Å². The second-order valence-corrected chi connectivity index (χ2v) is 7.30. The van der Waals surface area contributed by atoms with E-state index >= 15 is 0 Å². The van der Waals surface area contributed by atoms with Crippen molar-refractivity contribution in [3.8, 4) is 0 Å². The van der Waals surface area contributed by atoms with Crippen LogP contribution in [0.5, 0.6) is 0 Å². The number of anilines is 2. The highest BCUT2D eigenvalue weighted by Crippen LogP contribution is 2.22. The van der Waals surface area contributed by atoms with Gasteiger partial charge in [0.2, 0.25) is 11.8 Å². The van der Waals surface area contributed by atoms with E-state index in [9.17, 15) is 9.59 Å². The molecule has 0 unspecified atom stereocenters. The van der Waals surface area contributed by atoms with Crippen LogP contribution >= 0.6 is 0 Å². The molecule has 0 saturated carbocycles. The third-order valence-electron chi connectivity index (χ3n) is 4.98. The van der Waals surface area contributed by atoms with E-state index in [1.54, 1.807) is 4.90 Å². The molecule has 5 heteroatoms. The lowest BCUT2D eigenvalue weighted by Crippen LogP contribution is -2.27. The Morgan fingerprint density at radius 1 is 0.963 bits per heavy atom. The van der Waals surface area contributed by atoms with Crippen LogP contribution < -0.4 is 9.80 Å². The predicted octanol–water partition coefficient (Wildman–Crippen LogP) is 3.08. The van der Waals surface area contributed by atoms with Gasteiger partial charge in [-0.25, -0.2) is 0 Å². The monoisotopic (exact) mass is 365 g/mol. The van der Waals surface area contributed by atoms with Crippen molar-refractivity contribution in [1.29, 1.82) is 0 Å². The lowest BCUT2D eigenvalue weighted by atomic mass is 10.1. The van der Waals surface area contributed by atoms with Gasteiger partial charge in [0.1, 0.15) is 0 Å². The Morgan fingerprint density at radius 2 is 1.59 bits per heavy atom. The molecule has 1 aliphatic rings. The van der Waals surface area contributed by atoms with Crippen molar-refractivity contribution < 1.29 is 9.59 Å². The number of hydrogen-bond donors (Lipinski definition) is 0. The van der Waals surface area contributed by atoms with Gasteiger partial charge in [0, 0.05) is 52.0 Å². The number of rotatable bonds is 6. The second kappa shape index (κ2) is 8.25.